The second kappa shape index (κ2) is 9.71. The van der Waals surface area contributed by atoms with Crippen molar-refractivity contribution in [3.05, 3.63) is 59.9 Å². The Labute approximate surface area is 160 Å². The number of hydrogen-bond donors (Lipinski definition) is 2. The first kappa shape index (κ1) is 18.9. The van der Waals surface area contributed by atoms with E-state index >= 15 is 0 Å². The third-order valence-corrected chi connectivity index (χ3v) is 4.67. The van der Waals surface area contributed by atoms with Gasteiger partial charge in [0.2, 0.25) is 5.91 Å². The van der Waals surface area contributed by atoms with Gasteiger partial charge in [0.1, 0.15) is 5.69 Å². The van der Waals surface area contributed by atoms with Crippen molar-refractivity contribution >= 4 is 17.5 Å². The number of carbonyl (C=O) groups excluding carboxylic acids is 2. The van der Waals surface area contributed by atoms with E-state index in [1.165, 1.54) is 6.42 Å². The SMILES string of the molecule is O=C(NCc1ccccc1)c1cc(NCCC(=O)N2CCCCC2)ccn1. The maximum Gasteiger partial charge on any atom is 0.270 e. The van der Waals surface area contributed by atoms with Gasteiger partial charge in [0, 0.05) is 44.5 Å². The molecule has 1 aromatic heterocycles. The lowest BCUT2D eigenvalue weighted by Gasteiger charge is -2.26. The molecule has 2 amide bonds. The van der Waals surface area contributed by atoms with Crippen LogP contribution in [-0.4, -0.2) is 41.3 Å². The predicted octanol–water partition coefficient (Wildman–Crippen LogP) is 2.83. The lowest BCUT2D eigenvalue weighted by molar-refractivity contribution is -0.131. The number of benzene rings is 1. The number of anilines is 1. The van der Waals surface area contributed by atoms with E-state index in [1.54, 1.807) is 18.3 Å². The summed E-state index contributed by atoms with van der Waals surface area (Å²) in [6, 6.07) is 13.3. The van der Waals surface area contributed by atoms with E-state index in [9.17, 15) is 9.59 Å². The molecule has 2 N–H and O–H groups in total. The highest BCUT2D eigenvalue weighted by Gasteiger charge is 2.15. The van der Waals surface area contributed by atoms with E-state index in [0.717, 1.165) is 37.2 Å². The molecular formula is C21H26N4O2. The molecule has 0 radical (unpaired) electrons. The summed E-state index contributed by atoms with van der Waals surface area (Å²) in [7, 11) is 0. The predicted molar refractivity (Wildman–Crippen MR) is 105 cm³/mol. The summed E-state index contributed by atoms with van der Waals surface area (Å²) >= 11 is 0. The Kier molecular flexibility index (Phi) is 6.79. The number of nitrogens with one attached hydrogen (secondary N) is 2. The van der Waals surface area contributed by atoms with Crippen LogP contribution in [0.15, 0.2) is 48.7 Å². The molecule has 1 fully saturated rings. The van der Waals surface area contributed by atoms with Crippen LogP contribution in [0.2, 0.25) is 0 Å². The average Bonchev–Trinajstić information content (AvgIpc) is 2.73. The highest BCUT2D eigenvalue weighted by atomic mass is 16.2. The molecule has 0 saturated carbocycles. The summed E-state index contributed by atoms with van der Waals surface area (Å²) in [5.41, 5.74) is 2.19. The van der Waals surface area contributed by atoms with Crippen LogP contribution >= 0.6 is 0 Å². The van der Waals surface area contributed by atoms with Gasteiger partial charge < -0.3 is 15.5 Å². The Balaban J connectivity index is 1.46. The number of hydrogen-bond acceptors (Lipinski definition) is 4. The minimum Gasteiger partial charge on any atom is -0.384 e. The first-order valence-electron chi connectivity index (χ1n) is 9.52. The lowest BCUT2D eigenvalue weighted by Crippen LogP contribution is -2.36. The lowest BCUT2D eigenvalue weighted by atomic mass is 10.1. The van der Waals surface area contributed by atoms with E-state index in [4.69, 9.17) is 0 Å². The monoisotopic (exact) mass is 366 g/mol. The molecule has 1 aliphatic rings. The zero-order valence-electron chi connectivity index (χ0n) is 15.5. The minimum atomic E-state index is -0.216. The topological polar surface area (TPSA) is 74.3 Å². The maximum atomic E-state index is 12.3. The van der Waals surface area contributed by atoms with Gasteiger partial charge in [-0.25, -0.2) is 0 Å². The normalized spacial score (nSPS) is 13.9. The molecule has 2 heterocycles. The van der Waals surface area contributed by atoms with Gasteiger partial charge in [-0.1, -0.05) is 30.3 Å². The molecule has 0 spiro atoms. The van der Waals surface area contributed by atoms with Crippen molar-refractivity contribution in [2.75, 3.05) is 25.0 Å². The molecule has 1 saturated heterocycles. The van der Waals surface area contributed by atoms with Gasteiger partial charge in [0.15, 0.2) is 0 Å². The van der Waals surface area contributed by atoms with Crippen LogP contribution in [-0.2, 0) is 11.3 Å². The molecule has 0 atom stereocenters. The Hall–Kier alpha value is -2.89. The fraction of sp³-hybridized carbons (Fsp3) is 0.381. The molecule has 142 valence electrons. The van der Waals surface area contributed by atoms with Crippen molar-refractivity contribution < 1.29 is 9.59 Å². The van der Waals surface area contributed by atoms with E-state index in [-0.39, 0.29) is 11.8 Å². The second-order valence-corrected chi connectivity index (χ2v) is 6.72. The fourth-order valence-electron chi connectivity index (χ4n) is 3.15. The molecule has 1 aliphatic heterocycles. The van der Waals surface area contributed by atoms with Gasteiger partial charge in [-0.3, -0.25) is 14.6 Å². The van der Waals surface area contributed by atoms with Crippen LogP contribution in [0.1, 0.15) is 41.7 Å². The van der Waals surface area contributed by atoms with Crippen molar-refractivity contribution in [1.82, 2.24) is 15.2 Å². The number of pyridine rings is 1. The van der Waals surface area contributed by atoms with E-state index in [1.807, 2.05) is 35.2 Å². The van der Waals surface area contributed by atoms with Gasteiger partial charge in [-0.15, -0.1) is 0 Å². The molecule has 0 unspecified atom stereocenters. The highest BCUT2D eigenvalue weighted by molar-refractivity contribution is 5.93. The van der Waals surface area contributed by atoms with Crippen molar-refractivity contribution in [3.63, 3.8) is 0 Å². The van der Waals surface area contributed by atoms with Crippen LogP contribution < -0.4 is 10.6 Å². The van der Waals surface area contributed by atoms with Gasteiger partial charge in [0.25, 0.3) is 5.91 Å². The summed E-state index contributed by atoms with van der Waals surface area (Å²) < 4.78 is 0. The van der Waals surface area contributed by atoms with Crippen LogP contribution in [0.4, 0.5) is 5.69 Å². The van der Waals surface area contributed by atoms with Crippen molar-refractivity contribution in [2.45, 2.75) is 32.2 Å². The number of likely N-dealkylation sites (tertiary alicyclic amines) is 1. The number of rotatable bonds is 7. The Morgan fingerprint density at radius 1 is 1.04 bits per heavy atom. The molecule has 1 aromatic carbocycles. The van der Waals surface area contributed by atoms with Crippen LogP contribution in [0.25, 0.3) is 0 Å². The Morgan fingerprint density at radius 2 is 1.81 bits per heavy atom. The molecule has 27 heavy (non-hydrogen) atoms. The largest absolute Gasteiger partial charge is 0.384 e. The van der Waals surface area contributed by atoms with Crippen molar-refractivity contribution in [2.24, 2.45) is 0 Å². The van der Waals surface area contributed by atoms with Gasteiger partial charge >= 0.3 is 0 Å². The van der Waals surface area contributed by atoms with Crippen molar-refractivity contribution in [3.8, 4) is 0 Å². The number of nitrogens with zero attached hydrogens (tertiary/aromatic N) is 2. The summed E-state index contributed by atoms with van der Waals surface area (Å²) in [6.45, 7) is 2.76. The number of carbonyl (C=O) groups is 2. The quantitative estimate of drug-likeness (QED) is 0.790. The van der Waals surface area contributed by atoms with E-state index < -0.39 is 0 Å². The molecular weight excluding hydrogens is 340 g/mol. The van der Waals surface area contributed by atoms with E-state index in [2.05, 4.69) is 15.6 Å². The minimum absolute atomic E-state index is 0.192. The second-order valence-electron chi connectivity index (χ2n) is 6.72. The smallest absolute Gasteiger partial charge is 0.270 e. The molecule has 3 rings (SSSR count). The summed E-state index contributed by atoms with van der Waals surface area (Å²) in [4.78, 5) is 30.6. The first-order chi connectivity index (χ1) is 13.2. The summed E-state index contributed by atoms with van der Waals surface area (Å²) in [6.07, 6.45) is 5.48. The standard InChI is InChI=1S/C21H26N4O2/c26-20(25-13-5-2-6-14-25)10-12-22-18-9-11-23-19(15-18)21(27)24-16-17-7-3-1-4-8-17/h1,3-4,7-9,11,15H,2,5-6,10,12-14,16H2,(H,22,23)(H,24,27). The number of piperidine rings is 1. The van der Waals surface area contributed by atoms with Gasteiger partial charge in [-0.2, -0.15) is 0 Å². The van der Waals surface area contributed by atoms with Crippen LogP contribution in [0.3, 0.4) is 0 Å². The Bertz CT molecular complexity index is 758. The highest BCUT2D eigenvalue weighted by Crippen LogP contribution is 2.11. The maximum absolute atomic E-state index is 12.3. The third kappa shape index (κ3) is 5.81. The zero-order valence-corrected chi connectivity index (χ0v) is 15.5. The molecule has 0 aliphatic carbocycles. The average molecular weight is 366 g/mol. The summed E-state index contributed by atoms with van der Waals surface area (Å²) in [5.74, 6) is -0.0241. The molecule has 6 nitrogen and oxygen atoms in total. The van der Waals surface area contributed by atoms with Crippen molar-refractivity contribution in [1.29, 1.82) is 0 Å². The van der Waals surface area contributed by atoms with Gasteiger partial charge in [0.05, 0.1) is 0 Å². The molecule has 6 heteroatoms. The number of aromatic nitrogens is 1. The van der Waals surface area contributed by atoms with Crippen LogP contribution in [0.5, 0.6) is 0 Å². The number of amides is 2. The van der Waals surface area contributed by atoms with E-state index in [0.29, 0.717) is 25.2 Å². The fourth-order valence-corrected chi connectivity index (χ4v) is 3.15. The Morgan fingerprint density at radius 3 is 2.59 bits per heavy atom. The first-order valence-corrected chi connectivity index (χ1v) is 9.52. The zero-order chi connectivity index (χ0) is 18.9. The summed E-state index contributed by atoms with van der Waals surface area (Å²) in [5, 5.41) is 6.09. The third-order valence-electron chi connectivity index (χ3n) is 4.67. The van der Waals surface area contributed by atoms with Gasteiger partial charge in [-0.05, 0) is 37.0 Å². The van der Waals surface area contributed by atoms with Crippen LogP contribution in [0, 0.1) is 0 Å². The molecule has 2 aromatic rings. The molecule has 0 bridgehead atoms.